The quantitative estimate of drug-likeness (QED) is 0.664. The van der Waals surface area contributed by atoms with E-state index in [0.717, 1.165) is 0 Å². The summed E-state index contributed by atoms with van der Waals surface area (Å²) in [6.45, 7) is 0.275. The van der Waals surface area contributed by atoms with Gasteiger partial charge in [-0.05, 0) is 24.6 Å². The van der Waals surface area contributed by atoms with Crippen LogP contribution in [0.3, 0.4) is 0 Å². The minimum atomic E-state index is -4.39. The third kappa shape index (κ3) is 13.0. The molecule has 0 aliphatic rings. The second-order valence-corrected chi connectivity index (χ2v) is 4.33. The van der Waals surface area contributed by atoms with E-state index in [1.54, 1.807) is 0 Å². The van der Waals surface area contributed by atoms with E-state index in [0.29, 0.717) is 19.3 Å². The van der Waals surface area contributed by atoms with E-state index < -0.39 is 23.1 Å². The number of carboxylic acids is 1. The standard InChI is InChI=1S/C9H14F3NO3S/c10-9(11,12)17-6-7(14)13-5-3-1-2-4-8(15)16/h1-6H2,(H,13,14)(H,15,16). The van der Waals surface area contributed by atoms with Crippen LogP contribution in [-0.4, -0.2) is 34.8 Å². The van der Waals surface area contributed by atoms with Gasteiger partial charge >= 0.3 is 11.5 Å². The fourth-order valence-electron chi connectivity index (χ4n) is 1.00. The summed E-state index contributed by atoms with van der Waals surface area (Å²) in [5.41, 5.74) is -4.39. The van der Waals surface area contributed by atoms with Crippen LogP contribution >= 0.6 is 11.8 Å². The molecule has 0 aromatic carbocycles. The fourth-order valence-corrected chi connectivity index (χ4v) is 1.40. The molecule has 2 N–H and O–H groups in total. The highest BCUT2D eigenvalue weighted by molar-refractivity contribution is 8.00. The van der Waals surface area contributed by atoms with E-state index in [4.69, 9.17) is 5.11 Å². The zero-order valence-electron chi connectivity index (χ0n) is 9.05. The molecule has 0 aliphatic carbocycles. The summed E-state index contributed by atoms with van der Waals surface area (Å²) in [5.74, 6) is -2.18. The van der Waals surface area contributed by atoms with Crippen LogP contribution in [0.4, 0.5) is 13.2 Å². The molecule has 0 aromatic rings. The highest BCUT2D eigenvalue weighted by Gasteiger charge is 2.28. The number of hydrogen-bond acceptors (Lipinski definition) is 3. The Hall–Kier alpha value is -0.920. The third-order valence-electron chi connectivity index (χ3n) is 1.76. The Morgan fingerprint density at radius 1 is 1.18 bits per heavy atom. The molecule has 0 saturated carbocycles. The average Bonchev–Trinajstić information content (AvgIpc) is 2.19. The molecule has 0 fully saturated rings. The number of halogens is 3. The van der Waals surface area contributed by atoms with Gasteiger partial charge in [0.15, 0.2) is 0 Å². The van der Waals surface area contributed by atoms with E-state index in [2.05, 4.69) is 5.32 Å². The second-order valence-electron chi connectivity index (χ2n) is 3.29. The minimum absolute atomic E-state index is 0.0673. The Balaban J connectivity index is 3.37. The van der Waals surface area contributed by atoms with Crippen LogP contribution in [0.2, 0.25) is 0 Å². The molecule has 4 nitrogen and oxygen atoms in total. The summed E-state index contributed by atoms with van der Waals surface area (Å²) in [5, 5.41) is 10.7. The number of carboxylic acid groups (broad SMARTS) is 1. The molecule has 17 heavy (non-hydrogen) atoms. The molecule has 0 atom stereocenters. The normalized spacial score (nSPS) is 11.2. The molecule has 0 aliphatic heterocycles. The first-order valence-electron chi connectivity index (χ1n) is 5.00. The number of thioether (sulfide) groups is 1. The zero-order chi connectivity index (χ0) is 13.3. The van der Waals surface area contributed by atoms with Crippen molar-refractivity contribution < 1.29 is 27.9 Å². The van der Waals surface area contributed by atoms with Crippen molar-refractivity contribution in [2.45, 2.75) is 31.2 Å². The maximum Gasteiger partial charge on any atom is 0.442 e. The maximum atomic E-state index is 11.7. The van der Waals surface area contributed by atoms with Crippen LogP contribution in [0.1, 0.15) is 25.7 Å². The van der Waals surface area contributed by atoms with Crippen molar-refractivity contribution >= 4 is 23.6 Å². The molecule has 0 saturated heterocycles. The highest BCUT2D eigenvalue weighted by atomic mass is 32.2. The van der Waals surface area contributed by atoms with E-state index in [9.17, 15) is 22.8 Å². The van der Waals surface area contributed by atoms with Gasteiger partial charge < -0.3 is 10.4 Å². The monoisotopic (exact) mass is 273 g/mol. The lowest BCUT2D eigenvalue weighted by Crippen LogP contribution is -2.27. The van der Waals surface area contributed by atoms with Gasteiger partial charge in [-0.3, -0.25) is 9.59 Å². The topological polar surface area (TPSA) is 66.4 Å². The first kappa shape index (κ1) is 16.1. The Bertz CT molecular complexity index is 258. The van der Waals surface area contributed by atoms with Crippen molar-refractivity contribution in [2.75, 3.05) is 12.3 Å². The molecule has 0 bridgehead atoms. The highest BCUT2D eigenvalue weighted by Crippen LogP contribution is 2.29. The summed E-state index contributed by atoms with van der Waals surface area (Å²) >= 11 is -0.376. The number of rotatable bonds is 8. The Kier molecular flexibility index (Phi) is 7.77. The van der Waals surface area contributed by atoms with Gasteiger partial charge in [0, 0.05) is 13.0 Å². The molecule has 100 valence electrons. The van der Waals surface area contributed by atoms with Gasteiger partial charge in [0.1, 0.15) is 0 Å². The molecular weight excluding hydrogens is 259 g/mol. The third-order valence-corrected chi connectivity index (χ3v) is 2.49. The number of hydrogen-bond donors (Lipinski definition) is 2. The number of unbranched alkanes of at least 4 members (excludes halogenated alkanes) is 2. The summed E-state index contributed by atoms with van der Waals surface area (Å²) in [6.07, 6.45) is 1.76. The predicted octanol–water partition coefficient (Wildman–Crippen LogP) is 2.00. The SMILES string of the molecule is O=C(O)CCCCCNC(=O)CSC(F)(F)F. The van der Waals surface area contributed by atoms with E-state index in [1.807, 2.05) is 0 Å². The summed E-state index contributed by atoms with van der Waals surface area (Å²) in [7, 11) is 0. The smallest absolute Gasteiger partial charge is 0.442 e. The van der Waals surface area contributed by atoms with Crippen molar-refractivity contribution in [1.29, 1.82) is 0 Å². The average molecular weight is 273 g/mol. The number of amides is 1. The molecule has 0 aromatic heterocycles. The van der Waals surface area contributed by atoms with Crippen LogP contribution < -0.4 is 5.32 Å². The van der Waals surface area contributed by atoms with Crippen molar-refractivity contribution in [3.05, 3.63) is 0 Å². The van der Waals surface area contributed by atoms with Gasteiger partial charge in [-0.15, -0.1) is 0 Å². The predicted molar refractivity (Wildman–Crippen MR) is 57.6 cm³/mol. The Labute approximate surface area is 101 Å². The minimum Gasteiger partial charge on any atom is -0.481 e. The lowest BCUT2D eigenvalue weighted by atomic mass is 10.2. The Morgan fingerprint density at radius 3 is 2.35 bits per heavy atom. The number of nitrogens with one attached hydrogen (secondary N) is 1. The number of aliphatic carboxylic acids is 1. The summed E-state index contributed by atoms with van der Waals surface area (Å²) in [6, 6.07) is 0. The number of alkyl halides is 3. The molecule has 0 rings (SSSR count). The van der Waals surface area contributed by atoms with E-state index >= 15 is 0 Å². The van der Waals surface area contributed by atoms with Gasteiger partial charge in [-0.1, -0.05) is 6.42 Å². The molecular formula is C9H14F3NO3S. The first-order valence-corrected chi connectivity index (χ1v) is 5.99. The van der Waals surface area contributed by atoms with Crippen LogP contribution in [0.5, 0.6) is 0 Å². The Morgan fingerprint density at radius 2 is 1.82 bits per heavy atom. The van der Waals surface area contributed by atoms with Crippen LogP contribution in [0, 0.1) is 0 Å². The van der Waals surface area contributed by atoms with Gasteiger partial charge in [-0.2, -0.15) is 13.2 Å². The van der Waals surface area contributed by atoms with Crippen LogP contribution in [0.25, 0.3) is 0 Å². The van der Waals surface area contributed by atoms with Crippen LogP contribution in [-0.2, 0) is 9.59 Å². The van der Waals surface area contributed by atoms with Crippen molar-refractivity contribution in [3.63, 3.8) is 0 Å². The summed E-state index contributed by atoms with van der Waals surface area (Å²) in [4.78, 5) is 21.0. The molecule has 1 amide bonds. The van der Waals surface area contributed by atoms with Crippen molar-refractivity contribution in [1.82, 2.24) is 5.32 Å². The molecule has 0 heterocycles. The van der Waals surface area contributed by atoms with Crippen molar-refractivity contribution in [2.24, 2.45) is 0 Å². The lowest BCUT2D eigenvalue weighted by molar-refractivity contribution is -0.137. The number of carbonyl (C=O) groups is 2. The van der Waals surface area contributed by atoms with Gasteiger partial charge in [0.2, 0.25) is 5.91 Å². The van der Waals surface area contributed by atoms with Crippen LogP contribution in [0.15, 0.2) is 0 Å². The second kappa shape index (κ2) is 8.21. The van der Waals surface area contributed by atoms with Gasteiger partial charge in [-0.25, -0.2) is 0 Å². The van der Waals surface area contributed by atoms with E-state index in [1.165, 1.54) is 0 Å². The van der Waals surface area contributed by atoms with Gasteiger partial charge in [0.05, 0.1) is 5.75 Å². The van der Waals surface area contributed by atoms with Crippen molar-refractivity contribution in [3.8, 4) is 0 Å². The fraction of sp³-hybridized carbons (Fsp3) is 0.778. The van der Waals surface area contributed by atoms with Gasteiger partial charge in [0.25, 0.3) is 0 Å². The molecule has 8 heteroatoms. The first-order chi connectivity index (χ1) is 7.81. The molecule has 0 radical (unpaired) electrons. The lowest BCUT2D eigenvalue weighted by Gasteiger charge is -2.06. The number of carbonyl (C=O) groups excluding carboxylic acids is 1. The zero-order valence-corrected chi connectivity index (χ0v) is 9.86. The largest absolute Gasteiger partial charge is 0.481 e. The maximum absolute atomic E-state index is 11.7. The molecule has 0 unspecified atom stereocenters. The summed E-state index contributed by atoms with van der Waals surface area (Å²) < 4.78 is 35.1. The molecule has 0 spiro atoms. The van der Waals surface area contributed by atoms with E-state index in [-0.39, 0.29) is 24.7 Å².